The summed E-state index contributed by atoms with van der Waals surface area (Å²) in [4.78, 5) is 22.2. The summed E-state index contributed by atoms with van der Waals surface area (Å²) in [5.74, 6) is -1.63. The van der Waals surface area contributed by atoms with Gasteiger partial charge in [0.05, 0.1) is 11.4 Å². The Labute approximate surface area is 83.9 Å². The molecule has 0 unspecified atom stereocenters. The molecule has 2 amide bonds. The molecule has 72 valence electrons. The first kappa shape index (κ1) is 9.15. The van der Waals surface area contributed by atoms with Gasteiger partial charge in [0.1, 0.15) is 5.82 Å². The van der Waals surface area contributed by atoms with Gasteiger partial charge < -0.3 is 0 Å². The molecule has 0 saturated heterocycles. The Morgan fingerprint density at radius 1 is 1.36 bits per heavy atom. The van der Waals surface area contributed by atoms with E-state index in [1.165, 1.54) is 6.07 Å². The number of hydrogen-bond acceptors (Lipinski definition) is 2. The molecule has 0 aromatic heterocycles. The third-order valence-electron chi connectivity index (χ3n) is 1.99. The van der Waals surface area contributed by atoms with Crippen LogP contribution in [0.15, 0.2) is 12.1 Å². The normalized spacial score (nSPS) is 15.0. The molecule has 3 nitrogen and oxygen atoms in total. The second kappa shape index (κ2) is 3.06. The van der Waals surface area contributed by atoms with Crippen LogP contribution >= 0.6 is 11.6 Å². The van der Waals surface area contributed by atoms with Crippen LogP contribution in [0.4, 0.5) is 4.39 Å². The van der Waals surface area contributed by atoms with Crippen LogP contribution in [0.2, 0.25) is 5.02 Å². The van der Waals surface area contributed by atoms with E-state index in [-0.39, 0.29) is 17.0 Å². The van der Waals surface area contributed by atoms with E-state index in [1.807, 2.05) is 0 Å². The highest BCUT2D eigenvalue weighted by Gasteiger charge is 2.23. The molecule has 1 N–H and O–H groups in total. The molecular weight excluding hydrogens is 209 g/mol. The van der Waals surface area contributed by atoms with Crippen LogP contribution in [-0.4, -0.2) is 11.8 Å². The second-order valence-electron chi connectivity index (χ2n) is 2.98. The van der Waals surface area contributed by atoms with Gasteiger partial charge >= 0.3 is 0 Å². The number of nitrogens with one attached hydrogen (secondary N) is 1. The lowest BCUT2D eigenvalue weighted by molar-refractivity contribution is -0.119. The van der Waals surface area contributed by atoms with Gasteiger partial charge in [0, 0.05) is 5.56 Å². The molecule has 2 rings (SSSR count). The molecule has 0 bridgehead atoms. The van der Waals surface area contributed by atoms with E-state index >= 15 is 0 Å². The van der Waals surface area contributed by atoms with Gasteiger partial charge in [-0.3, -0.25) is 14.9 Å². The number of hydrogen-bond donors (Lipinski definition) is 1. The predicted octanol–water partition coefficient (Wildman–Crippen LogP) is 1.29. The highest BCUT2D eigenvalue weighted by molar-refractivity contribution is 6.31. The molecule has 0 atom stereocenters. The van der Waals surface area contributed by atoms with Crippen molar-refractivity contribution in [2.45, 2.75) is 6.42 Å². The summed E-state index contributed by atoms with van der Waals surface area (Å²) in [5.41, 5.74) is 0.636. The third kappa shape index (κ3) is 1.37. The molecular formula is C9H5ClFNO2. The highest BCUT2D eigenvalue weighted by Crippen LogP contribution is 2.22. The zero-order chi connectivity index (χ0) is 10.3. The zero-order valence-electron chi connectivity index (χ0n) is 6.93. The lowest BCUT2D eigenvalue weighted by Crippen LogP contribution is -2.37. The van der Waals surface area contributed by atoms with Gasteiger partial charge in [-0.05, 0) is 17.7 Å². The van der Waals surface area contributed by atoms with Crippen LogP contribution in [-0.2, 0) is 11.2 Å². The van der Waals surface area contributed by atoms with Crippen LogP contribution in [0, 0.1) is 5.82 Å². The van der Waals surface area contributed by atoms with Crippen LogP contribution < -0.4 is 5.32 Å². The van der Waals surface area contributed by atoms with Crippen molar-refractivity contribution in [3.05, 3.63) is 34.1 Å². The summed E-state index contributed by atoms with van der Waals surface area (Å²) < 4.78 is 13.0. The number of fused-ring (bicyclic) bond motifs is 1. The topological polar surface area (TPSA) is 46.2 Å². The molecule has 0 aliphatic carbocycles. The molecule has 0 spiro atoms. The van der Waals surface area contributed by atoms with Crippen molar-refractivity contribution in [1.29, 1.82) is 0 Å². The molecule has 1 aliphatic rings. The predicted molar refractivity (Wildman–Crippen MR) is 47.6 cm³/mol. The fourth-order valence-corrected chi connectivity index (χ4v) is 1.54. The van der Waals surface area contributed by atoms with Crippen LogP contribution in [0.1, 0.15) is 15.9 Å². The van der Waals surface area contributed by atoms with Gasteiger partial charge in [0.2, 0.25) is 5.91 Å². The third-order valence-corrected chi connectivity index (χ3v) is 2.28. The lowest BCUT2D eigenvalue weighted by Gasteiger charge is -2.15. The fourth-order valence-electron chi connectivity index (χ4n) is 1.36. The largest absolute Gasteiger partial charge is 0.292 e. The van der Waals surface area contributed by atoms with Crippen molar-refractivity contribution < 1.29 is 14.0 Å². The number of amides is 2. The average molecular weight is 214 g/mol. The molecule has 1 heterocycles. The summed E-state index contributed by atoms with van der Waals surface area (Å²) in [6.07, 6.45) is 0.0566. The maximum Gasteiger partial charge on any atom is 0.258 e. The first-order chi connectivity index (χ1) is 6.58. The Hall–Kier alpha value is -1.42. The minimum absolute atomic E-state index is 0.0566. The maximum absolute atomic E-state index is 13.0. The molecule has 14 heavy (non-hydrogen) atoms. The number of carbonyl (C=O) groups is 2. The van der Waals surface area contributed by atoms with Crippen LogP contribution in [0.5, 0.6) is 0 Å². The van der Waals surface area contributed by atoms with Gasteiger partial charge in [0.25, 0.3) is 5.91 Å². The second-order valence-corrected chi connectivity index (χ2v) is 3.38. The Bertz CT molecular complexity index is 445. The van der Waals surface area contributed by atoms with Crippen molar-refractivity contribution in [2.75, 3.05) is 0 Å². The molecule has 1 aliphatic heterocycles. The van der Waals surface area contributed by atoms with Gasteiger partial charge in [-0.15, -0.1) is 0 Å². The number of benzene rings is 1. The first-order valence-electron chi connectivity index (χ1n) is 3.90. The zero-order valence-corrected chi connectivity index (χ0v) is 7.69. The number of imide groups is 1. The monoisotopic (exact) mass is 213 g/mol. The van der Waals surface area contributed by atoms with Crippen molar-refractivity contribution in [3.63, 3.8) is 0 Å². The van der Waals surface area contributed by atoms with E-state index in [0.29, 0.717) is 5.56 Å². The van der Waals surface area contributed by atoms with E-state index in [4.69, 9.17) is 11.6 Å². The smallest absolute Gasteiger partial charge is 0.258 e. The summed E-state index contributed by atoms with van der Waals surface area (Å²) in [5, 5.41) is 2.02. The van der Waals surface area contributed by atoms with Crippen molar-refractivity contribution in [1.82, 2.24) is 5.32 Å². The summed E-state index contributed by atoms with van der Waals surface area (Å²) >= 11 is 5.52. The van der Waals surface area contributed by atoms with E-state index in [9.17, 15) is 14.0 Å². The summed E-state index contributed by atoms with van der Waals surface area (Å²) in [6, 6.07) is 2.35. The van der Waals surface area contributed by atoms with Crippen molar-refractivity contribution >= 4 is 23.4 Å². The first-order valence-corrected chi connectivity index (χ1v) is 4.28. The van der Waals surface area contributed by atoms with Crippen molar-refractivity contribution in [3.8, 4) is 0 Å². The standard InChI is InChI=1S/C9H5ClFNO2/c10-6-1-4-2-8(13)12-9(14)5(4)3-7(6)11/h1,3H,2H2,(H,12,13,14). The Balaban J connectivity index is 2.60. The highest BCUT2D eigenvalue weighted by atomic mass is 35.5. The summed E-state index contributed by atoms with van der Waals surface area (Å²) in [7, 11) is 0. The van der Waals surface area contributed by atoms with E-state index in [0.717, 1.165) is 6.07 Å². The molecule has 5 heteroatoms. The number of halogens is 2. The minimum atomic E-state index is -0.657. The molecule has 0 radical (unpaired) electrons. The Morgan fingerprint density at radius 2 is 2.07 bits per heavy atom. The van der Waals surface area contributed by atoms with E-state index in [2.05, 4.69) is 5.32 Å². The van der Waals surface area contributed by atoms with Gasteiger partial charge in [-0.2, -0.15) is 0 Å². The fraction of sp³-hybridized carbons (Fsp3) is 0.111. The van der Waals surface area contributed by atoms with Crippen LogP contribution in [0.3, 0.4) is 0 Å². The number of rotatable bonds is 0. The quantitative estimate of drug-likeness (QED) is 0.660. The Morgan fingerprint density at radius 3 is 2.79 bits per heavy atom. The van der Waals surface area contributed by atoms with E-state index in [1.54, 1.807) is 0 Å². The minimum Gasteiger partial charge on any atom is -0.292 e. The number of carbonyl (C=O) groups excluding carboxylic acids is 2. The molecule has 0 fully saturated rings. The van der Waals surface area contributed by atoms with Gasteiger partial charge in [-0.25, -0.2) is 4.39 Å². The van der Waals surface area contributed by atoms with Crippen LogP contribution in [0.25, 0.3) is 0 Å². The van der Waals surface area contributed by atoms with Crippen molar-refractivity contribution in [2.24, 2.45) is 0 Å². The summed E-state index contributed by atoms with van der Waals surface area (Å²) in [6.45, 7) is 0. The van der Waals surface area contributed by atoms with Gasteiger partial charge in [0.15, 0.2) is 0 Å². The lowest BCUT2D eigenvalue weighted by atomic mass is 10.00. The maximum atomic E-state index is 13.0. The van der Waals surface area contributed by atoms with E-state index < -0.39 is 17.6 Å². The average Bonchev–Trinajstić information content (AvgIpc) is 2.08. The Kier molecular flexibility index (Phi) is 2.00. The molecule has 1 aromatic rings. The van der Waals surface area contributed by atoms with Gasteiger partial charge in [-0.1, -0.05) is 11.6 Å². The SMILES string of the molecule is O=C1Cc2cc(Cl)c(F)cc2C(=O)N1. The molecule has 0 saturated carbocycles. The molecule has 1 aromatic carbocycles.